The standard InChI is InChI=1S/C13H18BrNO2/c1-9(2)15(10(3)4)13(16)17-12-8-6-5-7-11(12)14/h5-10H,1-4H3. The molecule has 94 valence electrons. The van der Waals surface area contributed by atoms with Gasteiger partial charge in [-0.2, -0.15) is 0 Å². The van der Waals surface area contributed by atoms with Gasteiger partial charge in [-0.05, 0) is 55.8 Å². The highest BCUT2D eigenvalue weighted by Crippen LogP contribution is 2.24. The minimum absolute atomic E-state index is 0.116. The van der Waals surface area contributed by atoms with Gasteiger partial charge in [0.2, 0.25) is 0 Å². The largest absolute Gasteiger partial charge is 0.415 e. The summed E-state index contributed by atoms with van der Waals surface area (Å²) < 4.78 is 6.15. The molecule has 0 atom stereocenters. The molecule has 3 nitrogen and oxygen atoms in total. The first kappa shape index (κ1) is 14.0. The molecular weight excluding hydrogens is 282 g/mol. The predicted molar refractivity (Wildman–Crippen MR) is 72.3 cm³/mol. The summed E-state index contributed by atoms with van der Waals surface area (Å²) in [6.45, 7) is 7.89. The number of halogens is 1. The molecule has 1 rings (SSSR count). The van der Waals surface area contributed by atoms with Gasteiger partial charge in [-0.25, -0.2) is 4.79 Å². The molecule has 0 aliphatic carbocycles. The van der Waals surface area contributed by atoms with Crippen molar-refractivity contribution in [2.75, 3.05) is 0 Å². The van der Waals surface area contributed by atoms with Crippen LogP contribution in [-0.4, -0.2) is 23.1 Å². The molecule has 0 spiro atoms. The number of hydrogen-bond acceptors (Lipinski definition) is 2. The van der Waals surface area contributed by atoms with Gasteiger partial charge in [0, 0.05) is 12.1 Å². The molecule has 0 N–H and O–H groups in total. The molecule has 0 fully saturated rings. The fraction of sp³-hybridized carbons (Fsp3) is 0.462. The molecule has 0 bridgehead atoms. The Bertz CT molecular complexity index is 383. The van der Waals surface area contributed by atoms with Gasteiger partial charge in [-0.3, -0.25) is 0 Å². The van der Waals surface area contributed by atoms with Gasteiger partial charge >= 0.3 is 6.09 Å². The molecule has 0 radical (unpaired) electrons. The van der Waals surface area contributed by atoms with Crippen molar-refractivity contribution in [3.63, 3.8) is 0 Å². The zero-order valence-corrected chi connectivity index (χ0v) is 12.2. The zero-order chi connectivity index (χ0) is 13.0. The molecular formula is C13H18BrNO2. The fourth-order valence-corrected chi connectivity index (χ4v) is 2.06. The van der Waals surface area contributed by atoms with E-state index in [1.165, 1.54) is 0 Å². The zero-order valence-electron chi connectivity index (χ0n) is 10.6. The highest BCUT2D eigenvalue weighted by atomic mass is 79.9. The number of hydrogen-bond donors (Lipinski definition) is 0. The van der Waals surface area contributed by atoms with Gasteiger partial charge in [-0.15, -0.1) is 0 Å². The Balaban J connectivity index is 2.81. The van der Waals surface area contributed by atoms with E-state index in [2.05, 4.69) is 15.9 Å². The number of nitrogens with zero attached hydrogens (tertiary/aromatic N) is 1. The minimum Gasteiger partial charge on any atom is -0.409 e. The Morgan fingerprint density at radius 2 is 1.71 bits per heavy atom. The van der Waals surface area contributed by atoms with Gasteiger partial charge < -0.3 is 9.64 Å². The lowest BCUT2D eigenvalue weighted by molar-refractivity contribution is 0.122. The van der Waals surface area contributed by atoms with E-state index in [1.54, 1.807) is 11.0 Å². The van der Waals surface area contributed by atoms with E-state index < -0.39 is 0 Å². The number of amides is 1. The summed E-state index contributed by atoms with van der Waals surface area (Å²) in [7, 11) is 0. The smallest absolute Gasteiger partial charge is 0.409 e. The van der Waals surface area contributed by atoms with Crippen LogP contribution >= 0.6 is 15.9 Å². The maximum absolute atomic E-state index is 12.0. The monoisotopic (exact) mass is 299 g/mol. The summed E-state index contributed by atoms with van der Waals surface area (Å²) in [6, 6.07) is 7.56. The first-order valence-electron chi connectivity index (χ1n) is 5.68. The molecule has 0 aliphatic rings. The van der Waals surface area contributed by atoms with Crippen LogP contribution in [0.15, 0.2) is 28.7 Å². The van der Waals surface area contributed by atoms with Crippen molar-refractivity contribution in [3.8, 4) is 5.75 Å². The van der Waals surface area contributed by atoms with Crippen molar-refractivity contribution >= 4 is 22.0 Å². The predicted octanol–water partition coefficient (Wildman–Crippen LogP) is 4.07. The second-order valence-corrected chi connectivity index (χ2v) is 5.25. The minimum atomic E-state index is -0.318. The maximum atomic E-state index is 12.0. The number of benzene rings is 1. The van der Waals surface area contributed by atoms with Gasteiger partial charge in [0.05, 0.1) is 4.47 Å². The first-order chi connectivity index (χ1) is 7.93. The lowest BCUT2D eigenvalue weighted by Gasteiger charge is -2.29. The van der Waals surface area contributed by atoms with Crippen LogP contribution in [0.3, 0.4) is 0 Å². The third kappa shape index (κ3) is 3.73. The molecule has 1 aromatic rings. The number of carbonyl (C=O) groups excluding carboxylic acids is 1. The van der Waals surface area contributed by atoms with E-state index in [-0.39, 0.29) is 18.2 Å². The Morgan fingerprint density at radius 3 is 2.18 bits per heavy atom. The van der Waals surface area contributed by atoms with E-state index >= 15 is 0 Å². The summed E-state index contributed by atoms with van der Waals surface area (Å²) in [5.41, 5.74) is 0. The highest BCUT2D eigenvalue weighted by Gasteiger charge is 2.22. The summed E-state index contributed by atoms with van der Waals surface area (Å²) in [4.78, 5) is 13.7. The molecule has 0 saturated carbocycles. The van der Waals surface area contributed by atoms with Crippen molar-refractivity contribution in [1.82, 2.24) is 4.90 Å². The van der Waals surface area contributed by atoms with Crippen LogP contribution < -0.4 is 4.74 Å². The van der Waals surface area contributed by atoms with Gasteiger partial charge in [-0.1, -0.05) is 12.1 Å². The van der Waals surface area contributed by atoms with E-state index in [4.69, 9.17) is 4.74 Å². The lowest BCUT2D eigenvalue weighted by Crippen LogP contribution is -2.43. The second-order valence-electron chi connectivity index (χ2n) is 4.39. The molecule has 1 aromatic carbocycles. The van der Waals surface area contributed by atoms with E-state index in [9.17, 15) is 4.79 Å². The van der Waals surface area contributed by atoms with Crippen LogP contribution in [0.25, 0.3) is 0 Å². The number of para-hydroxylation sites is 1. The van der Waals surface area contributed by atoms with Crippen molar-refractivity contribution in [3.05, 3.63) is 28.7 Å². The average molecular weight is 300 g/mol. The number of carbonyl (C=O) groups is 1. The van der Waals surface area contributed by atoms with Gasteiger partial charge in [0.25, 0.3) is 0 Å². The Kier molecular flexibility index (Phi) is 5.00. The van der Waals surface area contributed by atoms with E-state index in [0.717, 1.165) is 4.47 Å². The van der Waals surface area contributed by atoms with Gasteiger partial charge in [0.15, 0.2) is 0 Å². The Labute approximate surface area is 111 Å². The topological polar surface area (TPSA) is 29.5 Å². The molecule has 0 heterocycles. The molecule has 0 aromatic heterocycles. The summed E-state index contributed by atoms with van der Waals surface area (Å²) in [6.07, 6.45) is -0.318. The van der Waals surface area contributed by atoms with Crippen LogP contribution in [0.5, 0.6) is 5.75 Å². The van der Waals surface area contributed by atoms with Crippen LogP contribution in [0.1, 0.15) is 27.7 Å². The molecule has 1 amide bonds. The van der Waals surface area contributed by atoms with Crippen LogP contribution in [0, 0.1) is 0 Å². The Morgan fingerprint density at radius 1 is 1.18 bits per heavy atom. The molecule has 0 unspecified atom stereocenters. The van der Waals surface area contributed by atoms with Gasteiger partial charge in [0.1, 0.15) is 5.75 Å². The Hall–Kier alpha value is -1.03. The number of rotatable bonds is 3. The molecule has 0 aliphatic heterocycles. The van der Waals surface area contributed by atoms with Crippen molar-refractivity contribution in [2.45, 2.75) is 39.8 Å². The van der Waals surface area contributed by atoms with Crippen molar-refractivity contribution < 1.29 is 9.53 Å². The molecule has 0 saturated heterocycles. The summed E-state index contributed by atoms with van der Waals surface area (Å²) >= 11 is 3.35. The van der Waals surface area contributed by atoms with Crippen LogP contribution in [-0.2, 0) is 0 Å². The summed E-state index contributed by atoms with van der Waals surface area (Å²) in [5, 5.41) is 0. The molecule has 17 heavy (non-hydrogen) atoms. The average Bonchev–Trinajstić information content (AvgIpc) is 2.20. The van der Waals surface area contributed by atoms with E-state index in [0.29, 0.717) is 5.75 Å². The fourth-order valence-electron chi connectivity index (χ4n) is 1.69. The van der Waals surface area contributed by atoms with Crippen molar-refractivity contribution in [2.24, 2.45) is 0 Å². The van der Waals surface area contributed by atoms with Crippen LogP contribution in [0.2, 0.25) is 0 Å². The number of ether oxygens (including phenoxy) is 1. The van der Waals surface area contributed by atoms with Crippen LogP contribution in [0.4, 0.5) is 4.79 Å². The van der Waals surface area contributed by atoms with Crippen molar-refractivity contribution in [1.29, 1.82) is 0 Å². The third-order valence-corrected chi connectivity index (χ3v) is 3.01. The summed E-state index contributed by atoms with van der Waals surface area (Å²) in [5.74, 6) is 0.545. The van der Waals surface area contributed by atoms with E-state index in [1.807, 2.05) is 45.9 Å². The molecule has 4 heteroatoms. The second kappa shape index (κ2) is 6.05. The lowest BCUT2D eigenvalue weighted by atomic mass is 10.2. The SMILES string of the molecule is CC(C)N(C(=O)Oc1ccccc1Br)C(C)C. The highest BCUT2D eigenvalue weighted by molar-refractivity contribution is 9.10. The normalized spacial score (nSPS) is 10.8. The third-order valence-electron chi connectivity index (χ3n) is 2.36. The quantitative estimate of drug-likeness (QED) is 0.842. The first-order valence-corrected chi connectivity index (χ1v) is 6.47. The maximum Gasteiger partial charge on any atom is 0.415 e.